The van der Waals surface area contributed by atoms with E-state index in [2.05, 4.69) is 15.3 Å². The van der Waals surface area contributed by atoms with Gasteiger partial charge >= 0.3 is 6.18 Å². The molecule has 4 nitrogen and oxygen atoms in total. The quantitative estimate of drug-likeness (QED) is 0.278. The molecule has 0 aliphatic rings. The van der Waals surface area contributed by atoms with E-state index >= 15 is 0 Å². The molecular weight excluding hydrogens is 430 g/mol. The van der Waals surface area contributed by atoms with Crippen LogP contribution in [0, 0.1) is 5.82 Å². The molecule has 9 heteroatoms. The molecule has 0 unspecified atom stereocenters. The number of carbonyl (C=O) groups excluding carboxylic acids is 1. The summed E-state index contributed by atoms with van der Waals surface area (Å²) in [4.78, 5) is 21.6. The fourth-order valence-electron chi connectivity index (χ4n) is 2.96. The summed E-state index contributed by atoms with van der Waals surface area (Å²) in [6.45, 7) is 3.62. The van der Waals surface area contributed by atoms with Gasteiger partial charge < -0.3 is 5.32 Å². The number of halogens is 4. The lowest BCUT2D eigenvalue weighted by Crippen LogP contribution is -2.19. The van der Waals surface area contributed by atoms with Gasteiger partial charge in [-0.2, -0.15) is 13.2 Å². The van der Waals surface area contributed by atoms with Gasteiger partial charge in [0.25, 0.3) is 5.91 Å². The Morgan fingerprint density at radius 3 is 2.32 bits per heavy atom. The van der Waals surface area contributed by atoms with Gasteiger partial charge in [-0.1, -0.05) is 32.0 Å². The van der Waals surface area contributed by atoms with Crippen LogP contribution in [0.1, 0.15) is 41.4 Å². The molecule has 0 aliphatic heterocycles. The fourth-order valence-corrected chi connectivity index (χ4v) is 3.54. The SMILES string of the molecule is CSc1nc(-c2cc(F)cc(C(F)(F)F)c2)nc(C(C)C)c1C(=O)Nc1ccccc1. The first-order chi connectivity index (χ1) is 14.6. The molecule has 162 valence electrons. The zero-order valence-corrected chi connectivity index (χ0v) is 17.7. The van der Waals surface area contributed by atoms with E-state index in [1.807, 2.05) is 19.9 Å². The molecule has 3 rings (SSSR count). The second kappa shape index (κ2) is 9.05. The molecule has 0 radical (unpaired) electrons. The molecule has 1 aromatic heterocycles. The number of alkyl halides is 3. The first kappa shape index (κ1) is 22.7. The Balaban J connectivity index is 2.13. The Morgan fingerprint density at radius 1 is 1.06 bits per heavy atom. The summed E-state index contributed by atoms with van der Waals surface area (Å²) >= 11 is 1.16. The lowest BCUT2D eigenvalue weighted by atomic mass is 10.0. The summed E-state index contributed by atoms with van der Waals surface area (Å²) in [5.41, 5.74) is -0.0604. The monoisotopic (exact) mass is 449 g/mol. The number of amides is 1. The molecule has 0 fully saturated rings. The standard InChI is InChI=1S/C22H19F4N3OS/c1-12(2)18-17(20(30)27-16-7-5-4-6-8-16)21(31-3)29-19(28-18)13-9-14(22(24,25)26)11-15(23)10-13/h4-12H,1-3H3,(H,27,30). The molecule has 0 saturated carbocycles. The predicted molar refractivity (Wildman–Crippen MR) is 113 cm³/mol. The molecule has 1 heterocycles. The van der Waals surface area contributed by atoms with Crippen LogP contribution in [0.3, 0.4) is 0 Å². The molecule has 2 aromatic carbocycles. The number of para-hydroxylation sites is 1. The minimum atomic E-state index is -4.71. The van der Waals surface area contributed by atoms with E-state index in [1.54, 1.807) is 30.5 Å². The first-order valence-corrected chi connectivity index (χ1v) is 10.5. The van der Waals surface area contributed by atoms with E-state index in [-0.39, 0.29) is 22.9 Å². The number of hydrogen-bond acceptors (Lipinski definition) is 4. The molecule has 0 aliphatic carbocycles. The lowest BCUT2D eigenvalue weighted by Gasteiger charge is -2.17. The number of carbonyl (C=O) groups is 1. The van der Waals surface area contributed by atoms with Crippen molar-refractivity contribution in [3.8, 4) is 11.4 Å². The van der Waals surface area contributed by atoms with Crippen LogP contribution in [0.2, 0.25) is 0 Å². The summed E-state index contributed by atoms with van der Waals surface area (Å²) < 4.78 is 53.3. The highest BCUT2D eigenvalue weighted by atomic mass is 32.2. The highest BCUT2D eigenvalue weighted by Gasteiger charge is 2.32. The average Bonchev–Trinajstić information content (AvgIpc) is 2.72. The molecule has 0 saturated heterocycles. The Morgan fingerprint density at radius 2 is 1.74 bits per heavy atom. The number of nitrogens with one attached hydrogen (secondary N) is 1. The van der Waals surface area contributed by atoms with Crippen molar-refractivity contribution in [2.75, 3.05) is 11.6 Å². The van der Waals surface area contributed by atoms with Crippen molar-refractivity contribution in [2.24, 2.45) is 0 Å². The number of rotatable bonds is 5. The second-order valence-electron chi connectivity index (χ2n) is 7.02. The predicted octanol–water partition coefficient (Wildman–Crippen LogP) is 6.40. The van der Waals surface area contributed by atoms with E-state index in [9.17, 15) is 22.4 Å². The van der Waals surface area contributed by atoms with Gasteiger partial charge in [-0.05, 0) is 42.5 Å². The van der Waals surface area contributed by atoms with Gasteiger partial charge in [0.2, 0.25) is 0 Å². The molecule has 1 N–H and O–H groups in total. The molecule has 0 atom stereocenters. The largest absolute Gasteiger partial charge is 0.416 e. The van der Waals surface area contributed by atoms with Crippen molar-refractivity contribution in [3.63, 3.8) is 0 Å². The van der Waals surface area contributed by atoms with E-state index in [0.29, 0.717) is 22.5 Å². The smallest absolute Gasteiger partial charge is 0.322 e. The lowest BCUT2D eigenvalue weighted by molar-refractivity contribution is -0.137. The van der Waals surface area contributed by atoms with Gasteiger partial charge in [0.05, 0.1) is 16.8 Å². The summed E-state index contributed by atoms with van der Waals surface area (Å²) in [7, 11) is 0. The third kappa shape index (κ3) is 5.22. The van der Waals surface area contributed by atoms with E-state index in [4.69, 9.17) is 0 Å². The van der Waals surface area contributed by atoms with E-state index in [0.717, 1.165) is 23.9 Å². The van der Waals surface area contributed by atoms with Gasteiger partial charge in [-0.3, -0.25) is 4.79 Å². The molecule has 3 aromatic rings. The Kier molecular flexibility index (Phi) is 6.64. The highest BCUT2D eigenvalue weighted by molar-refractivity contribution is 7.98. The van der Waals surface area contributed by atoms with Crippen LogP contribution in [0.25, 0.3) is 11.4 Å². The summed E-state index contributed by atoms with van der Waals surface area (Å²) in [6.07, 6.45) is -3.02. The number of benzene rings is 2. The molecule has 0 bridgehead atoms. The summed E-state index contributed by atoms with van der Waals surface area (Å²) in [5.74, 6) is -1.79. The van der Waals surface area contributed by atoms with Gasteiger partial charge in [0.15, 0.2) is 5.82 Å². The third-order valence-electron chi connectivity index (χ3n) is 4.39. The Hall–Kier alpha value is -2.94. The molecule has 1 amide bonds. The minimum absolute atomic E-state index is 0.0747. The maximum atomic E-state index is 13.9. The van der Waals surface area contributed by atoms with Gasteiger partial charge in [-0.25, -0.2) is 14.4 Å². The summed E-state index contributed by atoms with van der Waals surface area (Å²) in [6, 6.07) is 11.0. The van der Waals surface area contributed by atoms with Crippen LogP contribution < -0.4 is 5.32 Å². The van der Waals surface area contributed by atoms with Crippen LogP contribution >= 0.6 is 11.8 Å². The second-order valence-corrected chi connectivity index (χ2v) is 7.81. The maximum Gasteiger partial charge on any atom is 0.416 e. The maximum absolute atomic E-state index is 13.9. The van der Waals surface area contributed by atoms with Crippen LogP contribution in [0.15, 0.2) is 53.6 Å². The highest BCUT2D eigenvalue weighted by Crippen LogP contribution is 2.34. The minimum Gasteiger partial charge on any atom is -0.322 e. The van der Waals surface area contributed by atoms with Crippen molar-refractivity contribution in [2.45, 2.75) is 31.0 Å². The van der Waals surface area contributed by atoms with E-state index < -0.39 is 23.5 Å². The van der Waals surface area contributed by atoms with Crippen LogP contribution in [-0.4, -0.2) is 22.1 Å². The van der Waals surface area contributed by atoms with Crippen LogP contribution in [0.5, 0.6) is 0 Å². The molecular formula is C22H19F4N3OS. The number of hydrogen-bond donors (Lipinski definition) is 1. The number of thioether (sulfide) groups is 1. The molecule has 31 heavy (non-hydrogen) atoms. The van der Waals surface area contributed by atoms with Crippen molar-refractivity contribution in [3.05, 3.63) is 71.2 Å². The zero-order chi connectivity index (χ0) is 22.8. The van der Waals surface area contributed by atoms with Crippen molar-refractivity contribution >= 4 is 23.4 Å². The number of aromatic nitrogens is 2. The van der Waals surface area contributed by atoms with E-state index in [1.165, 1.54) is 0 Å². The summed E-state index contributed by atoms with van der Waals surface area (Å²) in [5, 5.41) is 3.08. The Labute approximate surface area is 181 Å². The van der Waals surface area contributed by atoms with Gasteiger partial charge in [-0.15, -0.1) is 11.8 Å². The fraction of sp³-hybridized carbons (Fsp3) is 0.227. The van der Waals surface area contributed by atoms with Gasteiger partial charge in [0.1, 0.15) is 10.8 Å². The number of nitrogens with zero attached hydrogens (tertiary/aromatic N) is 2. The topological polar surface area (TPSA) is 54.9 Å². The number of anilines is 1. The van der Waals surface area contributed by atoms with Crippen molar-refractivity contribution in [1.82, 2.24) is 9.97 Å². The zero-order valence-electron chi connectivity index (χ0n) is 16.9. The van der Waals surface area contributed by atoms with Crippen molar-refractivity contribution in [1.29, 1.82) is 0 Å². The van der Waals surface area contributed by atoms with Crippen LogP contribution in [-0.2, 0) is 6.18 Å². The molecule has 0 spiro atoms. The van der Waals surface area contributed by atoms with Crippen molar-refractivity contribution < 1.29 is 22.4 Å². The van der Waals surface area contributed by atoms with Crippen LogP contribution in [0.4, 0.5) is 23.2 Å². The average molecular weight is 449 g/mol. The van der Waals surface area contributed by atoms with Gasteiger partial charge in [0, 0.05) is 11.3 Å². The normalized spacial score (nSPS) is 11.6. The third-order valence-corrected chi connectivity index (χ3v) is 5.07. The first-order valence-electron chi connectivity index (χ1n) is 9.30. The Bertz CT molecular complexity index is 1100.